The van der Waals surface area contributed by atoms with Gasteiger partial charge in [-0.2, -0.15) is 4.31 Å². The molecule has 1 unspecified atom stereocenters. The first-order chi connectivity index (χ1) is 15.8. The number of piperidine rings is 1. The molecular formula is C24H28N4O4S. The number of amides is 1. The lowest BCUT2D eigenvalue weighted by Crippen LogP contribution is -2.39. The molecule has 1 aliphatic heterocycles. The highest BCUT2D eigenvalue weighted by Crippen LogP contribution is 2.24. The maximum absolute atomic E-state index is 12.9. The second-order valence-corrected chi connectivity index (χ2v) is 10.3. The fourth-order valence-electron chi connectivity index (χ4n) is 3.81. The molecule has 8 nitrogen and oxygen atoms in total. The van der Waals surface area contributed by atoms with Gasteiger partial charge in [0.2, 0.25) is 10.0 Å². The van der Waals surface area contributed by atoms with Crippen molar-refractivity contribution in [2.45, 2.75) is 31.3 Å². The number of imidazole rings is 1. The Labute approximate surface area is 194 Å². The van der Waals surface area contributed by atoms with E-state index in [4.69, 9.17) is 4.74 Å². The fourth-order valence-corrected chi connectivity index (χ4v) is 5.41. The Balaban J connectivity index is 1.36. The second kappa shape index (κ2) is 9.76. The summed E-state index contributed by atoms with van der Waals surface area (Å²) < 4.78 is 34.9. The van der Waals surface area contributed by atoms with E-state index in [2.05, 4.69) is 17.2 Å². The van der Waals surface area contributed by atoms with E-state index in [-0.39, 0.29) is 10.8 Å². The largest absolute Gasteiger partial charge is 0.486 e. The van der Waals surface area contributed by atoms with Crippen LogP contribution in [-0.4, -0.2) is 41.3 Å². The maximum Gasteiger partial charge on any atom is 0.255 e. The molecule has 1 saturated heterocycles. The van der Waals surface area contributed by atoms with Crippen LogP contribution in [0.25, 0.3) is 0 Å². The Hall–Kier alpha value is -3.17. The molecule has 3 aromatic rings. The van der Waals surface area contributed by atoms with Crippen LogP contribution in [0.4, 0.5) is 5.69 Å². The van der Waals surface area contributed by atoms with E-state index in [0.717, 1.165) is 18.7 Å². The maximum atomic E-state index is 12.9. The summed E-state index contributed by atoms with van der Waals surface area (Å²) in [6, 6.07) is 13.1. The first kappa shape index (κ1) is 23.0. The third kappa shape index (κ3) is 5.43. The molecule has 1 fully saturated rings. The molecule has 1 N–H and O–H groups in total. The van der Waals surface area contributed by atoms with Crippen LogP contribution in [0.1, 0.15) is 35.9 Å². The molecule has 1 atom stereocenters. The summed E-state index contributed by atoms with van der Waals surface area (Å²) in [4.78, 5) is 17.0. The SMILES string of the molecule is CC1CCCN(S(=O)(=O)c2ccc(NC(=O)c3ccc(OCc4nccn4C)cc3)cc2)C1. The number of hydrogen-bond donors (Lipinski definition) is 1. The third-order valence-electron chi connectivity index (χ3n) is 5.78. The predicted molar refractivity (Wildman–Crippen MR) is 126 cm³/mol. The van der Waals surface area contributed by atoms with Gasteiger partial charge in [0.05, 0.1) is 4.90 Å². The van der Waals surface area contributed by atoms with Gasteiger partial charge in [0, 0.05) is 43.8 Å². The van der Waals surface area contributed by atoms with E-state index in [1.165, 1.54) is 0 Å². The average molecular weight is 469 g/mol. The first-order valence-corrected chi connectivity index (χ1v) is 12.4. The van der Waals surface area contributed by atoms with Crippen LogP contribution >= 0.6 is 0 Å². The van der Waals surface area contributed by atoms with Crippen LogP contribution < -0.4 is 10.1 Å². The highest BCUT2D eigenvalue weighted by Gasteiger charge is 2.28. The second-order valence-electron chi connectivity index (χ2n) is 8.36. The summed E-state index contributed by atoms with van der Waals surface area (Å²) in [6.07, 6.45) is 5.49. The van der Waals surface area contributed by atoms with Gasteiger partial charge in [-0.15, -0.1) is 0 Å². The molecule has 0 aliphatic carbocycles. The summed E-state index contributed by atoms with van der Waals surface area (Å²) in [5, 5.41) is 2.80. The number of carbonyl (C=O) groups is 1. The molecule has 2 aromatic carbocycles. The number of ether oxygens (including phenoxy) is 1. The molecular weight excluding hydrogens is 440 g/mol. The van der Waals surface area contributed by atoms with Crippen molar-refractivity contribution in [3.63, 3.8) is 0 Å². The Morgan fingerprint density at radius 1 is 1.15 bits per heavy atom. The molecule has 1 aliphatic rings. The lowest BCUT2D eigenvalue weighted by Gasteiger charge is -2.30. The molecule has 1 amide bonds. The summed E-state index contributed by atoms with van der Waals surface area (Å²) in [5.74, 6) is 1.51. The van der Waals surface area contributed by atoms with Crippen molar-refractivity contribution in [2.75, 3.05) is 18.4 Å². The van der Waals surface area contributed by atoms with E-state index in [1.807, 2.05) is 17.8 Å². The average Bonchev–Trinajstić information content (AvgIpc) is 3.23. The zero-order valence-electron chi connectivity index (χ0n) is 18.8. The smallest absolute Gasteiger partial charge is 0.255 e. The molecule has 2 heterocycles. The van der Waals surface area contributed by atoms with Crippen LogP contribution in [0, 0.1) is 5.92 Å². The van der Waals surface area contributed by atoms with E-state index >= 15 is 0 Å². The van der Waals surface area contributed by atoms with Gasteiger partial charge >= 0.3 is 0 Å². The third-order valence-corrected chi connectivity index (χ3v) is 7.65. The molecule has 4 rings (SSSR count). The Kier molecular flexibility index (Phi) is 6.80. The van der Waals surface area contributed by atoms with Crippen LogP contribution in [-0.2, 0) is 23.7 Å². The van der Waals surface area contributed by atoms with Gasteiger partial charge in [0.25, 0.3) is 5.91 Å². The monoisotopic (exact) mass is 468 g/mol. The molecule has 0 spiro atoms. The number of nitrogens with one attached hydrogen (secondary N) is 1. The van der Waals surface area contributed by atoms with Crippen LogP contribution in [0.5, 0.6) is 5.75 Å². The van der Waals surface area contributed by atoms with Crippen molar-refractivity contribution >= 4 is 21.6 Å². The van der Waals surface area contributed by atoms with Crippen molar-refractivity contribution in [2.24, 2.45) is 13.0 Å². The first-order valence-electron chi connectivity index (χ1n) is 10.9. The van der Waals surface area contributed by atoms with Gasteiger partial charge in [-0.25, -0.2) is 13.4 Å². The van der Waals surface area contributed by atoms with Crippen molar-refractivity contribution in [3.8, 4) is 5.75 Å². The van der Waals surface area contributed by atoms with Crippen molar-refractivity contribution in [1.29, 1.82) is 0 Å². The summed E-state index contributed by atoms with van der Waals surface area (Å²) in [6.45, 7) is 3.49. The molecule has 0 bridgehead atoms. The van der Waals surface area contributed by atoms with Crippen LogP contribution in [0.15, 0.2) is 65.8 Å². The number of aryl methyl sites for hydroxylation is 1. The normalized spacial score (nSPS) is 17.0. The van der Waals surface area contributed by atoms with Gasteiger partial charge in [0.1, 0.15) is 18.2 Å². The van der Waals surface area contributed by atoms with Gasteiger partial charge in [-0.05, 0) is 67.3 Å². The number of hydrogen-bond acceptors (Lipinski definition) is 5. The lowest BCUT2D eigenvalue weighted by molar-refractivity contribution is 0.102. The number of rotatable bonds is 7. The van der Waals surface area contributed by atoms with Gasteiger partial charge < -0.3 is 14.6 Å². The minimum atomic E-state index is -3.52. The minimum absolute atomic E-state index is 0.240. The van der Waals surface area contributed by atoms with E-state index in [9.17, 15) is 13.2 Å². The lowest BCUT2D eigenvalue weighted by atomic mass is 10.0. The Morgan fingerprint density at radius 3 is 2.52 bits per heavy atom. The number of sulfonamides is 1. The van der Waals surface area contributed by atoms with Gasteiger partial charge in [-0.1, -0.05) is 6.92 Å². The molecule has 0 radical (unpaired) electrons. The van der Waals surface area contributed by atoms with Crippen molar-refractivity contribution in [1.82, 2.24) is 13.9 Å². The molecule has 33 heavy (non-hydrogen) atoms. The van der Waals surface area contributed by atoms with Gasteiger partial charge in [0.15, 0.2) is 0 Å². The van der Waals surface area contributed by atoms with Crippen LogP contribution in [0.3, 0.4) is 0 Å². The number of benzene rings is 2. The number of nitrogens with zero attached hydrogens (tertiary/aromatic N) is 3. The number of aromatic nitrogens is 2. The molecule has 174 valence electrons. The topological polar surface area (TPSA) is 93.5 Å². The van der Waals surface area contributed by atoms with E-state index in [1.54, 1.807) is 59.0 Å². The standard InChI is InChI=1S/C24H28N4O4S/c1-18-4-3-14-28(16-18)33(30,31)22-11-7-20(8-12-22)26-24(29)19-5-9-21(10-6-19)32-17-23-25-13-15-27(23)2/h5-13,15,18H,3-4,14,16-17H2,1-2H3,(H,26,29). The molecule has 0 saturated carbocycles. The zero-order chi connectivity index (χ0) is 23.4. The Bertz CT molecular complexity index is 1200. The minimum Gasteiger partial charge on any atom is -0.486 e. The van der Waals surface area contributed by atoms with E-state index in [0.29, 0.717) is 42.6 Å². The predicted octanol–water partition coefficient (Wildman–Crippen LogP) is 3.67. The van der Waals surface area contributed by atoms with Crippen LogP contribution in [0.2, 0.25) is 0 Å². The zero-order valence-corrected chi connectivity index (χ0v) is 19.6. The van der Waals surface area contributed by atoms with Crippen molar-refractivity contribution in [3.05, 3.63) is 72.3 Å². The molecule has 1 aromatic heterocycles. The summed E-state index contributed by atoms with van der Waals surface area (Å²) >= 11 is 0. The number of carbonyl (C=O) groups excluding carboxylic acids is 1. The van der Waals surface area contributed by atoms with Gasteiger partial charge in [-0.3, -0.25) is 4.79 Å². The highest BCUT2D eigenvalue weighted by atomic mass is 32.2. The quantitative estimate of drug-likeness (QED) is 0.571. The number of anilines is 1. The fraction of sp³-hybridized carbons (Fsp3) is 0.333. The Morgan fingerprint density at radius 2 is 1.88 bits per heavy atom. The summed E-state index contributed by atoms with van der Waals surface area (Å²) in [5.41, 5.74) is 0.999. The summed E-state index contributed by atoms with van der Waals surface area (Å²) in [7, 11) is -1.62. The van der Waals surface area contributed by atoms with Crippen molar-refractivity contribution < 1.29 is 17.9 Å². The molecule has 9 heteroatoms. The van der Waals surface area contributed by atoms with E-state index < -0.39 is 10.0 Å². The highest BCUT2D eigenvalue weighted by molar-refractivity contribution is 7.89.